The van der Waals surface area contributed by atoms with Crippen molar-refractivity contribution in [3.8, 4) is 11.5 Å². The van der Waals surface area contributed by atoms with Gasteiger partial charge in [-0.3, -0.25) is 0 Å². The highest BCUT2D eigenvalue weighted by molar-refractivity contribution is 7.90. The number of ether oxygens (including phenoxy) is 1. The fourth-order valence-electron chi connectivity index (χ4n) is 2.28. The molecular weight excluding hydrogens is 352 g/mol. The predicted octanol–water partition coefficient (Wildman–Crippen LogP) is 4.05. The van der Waals surface area contributed by atoms with Gasteiger partial charge in [0.05, 0.1) is 4.90 Å². The molecule has 0 saturated carbocycles. The molecule has 2 aromatic rings. The predicted molar refractivity (Wildman–Crippen MR) is 101 cm³/mol. The van der Waals surface area contributed by atoms with Crippen LogP contribution in [0.4, 0.5) is 4.79 Å². The summed E-state index contributed by atoms with van der Waals surface area (Å²) in [4.78, 5) is 11.7. The molecule has 2 amide bonds. The number of carbonyl (C=O) groups excluding carboxylic acids is 1. The second kappa shape index (κ2) is 9.82. The lowest BCUT2D eigenvalue weighted by molar-refractivity contribution is 0.245. The van der Waals surface area contributed by atoms with Gasteiger partial charge in [0.25, 0.3) is 10.0 Å². The summed E-state index contributed by atoms with van der Waals surface area (Å²) in [5.74, 6) is 1.17. The zero-order valence-corrected chi connectivity index (χ0v) is 15.6. The van der Waals surface area contributed by atoms with Crippen LogP contribution in [0.25, 0.3) is 0 Å². The van der Waals surface area contributed by atoms with E-state index in [4.69, 9.17) is 4.74 Å². The minimum atomic E-state index is -3.91. The number of unbranched alkanes of at least 4 members (excludes halogenated alkanes) is 3. The molecule has 26 heavy (non-hydrogen) atoms. The van der Waals surface area contributed by atoms with Crippen LogP contribution in [0.5, 0.6) is 11.5 Å². The molecule has 0 spiro atoms. The Morgan fingerprint density at radius 2 is 1.58 bits per heavy atom. The van der Waals surface area contributed by atoms with Gasteiger partial charge in [-0.15, -0.1) is 0 Å². The quantitative estimate of drug-likeness (QED) is 0.647. The van der Waals surface area contributed by atoms with Crippen LogP contribution in [-0.4, -0.2) is 21.0 Å². The first-order valence-corrected chi connectivity index (χ1v) is 10.1. The number of para-hydroxylation sites is 1. The first kappa shape index (κ1) is 19.8. The van der Waals surface area contributed by atoms with Crippen LogP contribution < -0.4 is 14.8 Å². The molecule has 0 aliphatic rings. The van der Waals surface area contributed by atoms with Gasteiger partial charge >= 0.3 is 6.03 Å². The smallest absolute Gasteiger partial charge is 0.328 e. The fraction of sp³-hybridized carbons (Fsp3) is 0.316. The van der Waals surface area contributed by atoms with E-state index in [1.807, 2.05) is 22.9 Å². The Labute approximate surface area is 154 Å². The fourth-order valence-corrected chi connectivity index (χ4v) is 3.21. The molecule has 2 aromatic carbocycles. The third kappa shape index (κ3) is 6.40. The molecule has 0 aromatic heterocycles. The summed E-state index contributed by atoms with van der Waals surface area (Å²) in [6.45, 7) is 2.55. The summed E-state index contributed by atoms with van der Waals surface area (Å²) in [5, 5.41) is 2.56. The molecule has 2 rings (SSSR count). The molecule has 0 bridgehead atoms. The van der Waals surface area contributed by atoms with E-state index in [1.54, 1.807) is 24.3 Å². The Balaban J connectivity index is 1.89. The van der Waals surface area contributed by atoms with Gasteiger partial charge in [0.2, 0.25) is 0 Å². The van der Waals surface area contributed by atoms with Crippen molar-refractivity contribution in [1.29, 1.82) is 0 Å². The number of urea groups is 1. The molecule has 0 aliphatic heterocycles. The van der Waals surface area contributed by atoms with Crippen molar-refractivity contribution in [2.45, 2.75) is 37.5 Å². The zero-order chi connectivity index (χ0) is 18.8. The van der Waals surface area contributed by atoms with E-state index in [0.717, 1.165) is 25.7 Å². The maximum atomic E-state index is 12.2. The Morgan fingerprint density at radius 3 is 2.23 bits per heavy atom. The Morgan fingerprint density at radius 1 is 0.923 bits per heavy atom. The summed E-state index contributed by atoms with van der Waals surface area (Å²) < 4.78 is 32.1. The van der Waals surface area contributed by atoms with Gasteiger partial charge in [-0.25, -0.2) is 17.9 Å². The number of nitrogens with one attached hydrogen (secondary N) is 2. The van der Waals surface area contributed by atoms with Crippen LogP contribution in [0, 0.1) is 0 Å². The average molecular weight is 376 g/mol. The number of amides is 2. The minimum Gasteiger partial charge on any atom is -0.457 e. The van der Waals surface area contributed by atoms with Crippen LogP contribution in [0.3, 0.4) is 0 Å². The number of hydrogen-bond donors (Lipinski definition) is 2. The van der Waals surface area contributed by atoms with E-state index in [0.29, 0.717) is 18.0 Å². The summed E-state index contributed by atoms with van der Waals surface area (Å²) in [6, 6.07) is 14.3. The highest BCUT2D eigenvalue weighted by Crippen LogP contribution is 2.22. The van der Waals surface area contributed by atoms with Gasteiger partial charge in [-0.05, 0) is 42.8 Å². The normalized spacial score (nSPS) is 11.0. The lowest BCUT2D eigenvalue weighted by atomic mass is 10.2. The Kier molecular flexibility index (Phi) is 7.47. The van der Waals surface area contributed by atoms with Gasteiger partial charge in [0.15, 0.2) is 0 Å². The monoisotopic (exact) mass is 376 g/mol. The van der Waals surface area contributed by atoms with E-state index in [-0.39, 0.29) is 4.90 Å². The van der Waals surface area contributed by atoms with Crippen LogP contribution in [0.1, 0.15) is 32.6 Å². The van der Waals surface area contributed by atoms with Gasteiger partial charge in [0, 0.05) is 6.54 Å². The lowest BCUT2D eigenvalue weighted by Gasteiger charge is -2.10. The van der Waals surface area contributed by atoms with Crippen LogP contribution >= 0.6 is 0 Å². The molecule has 0 aliphatic carbocycles. The van der Waals surface area contributed by atoms with Crippen molar-refractivity contribution >= 4 is 16.1 Å². The molecule has 0 unspecified atom stereocenters. The summed E-state index contributed by atoms with van der Waals surface area (Å²) in [5.41, 5.74) is 0. The molecule has 6 nitrogen and oxygen atoms in total. The summed E-state index contributed by atoms with van der Waals surface area (Å²) in [7, 11) is -3.91. The largest absolute Gasteiger partial charge is 0.457 e. The van der Waals surface area contributed by atoms with Crippen molar-refractivity contribution in [3.63, 3.8) is 0 Å². The third-order valence-electron chi connectivity index (χ3n) is 3.66. The van der Waals surface area contributed by atoms with Crippen molar-refractivity contribution in [2.75, 3.05) is 6.54 Å². The molecule has 0 heterocycles. The minimum absolute atomic E-state index is 0.000885. The van der Waals surface area contributed by atoms with E-state index < -0.39 is 16.1 Å². The number of rotatable bonds is 9. The molecule has 0 saturated heterocycles. The van der Waals surface area contributed by atoms with Gasteiger partial charge in [-0.2, -0.15) is 0 Å². The molecule has 0 atom stereocenters. The van der Waals surface area contributed by atoms with E-state index >= 15 is 0 Å². The maximum Gasteiger partial charge on any atom is 0.328 e. The number of hydrogen-bond acceptors (Lipinski definition) is 4. The van der Waals surface area contributed by atoms with Gasteiger partial charge in [0.1, 0.15) is 11.5 Å². The topological polar surface area (TPSA) is 84.5 Å². The number of carbonyl (C=O) groups is 1. The summed E-state index contributed by atoms with van der Waals surface area (Å²) in [6.07, 6.45) is 4.03. The van der Waals surface area contributed by atoms with Crippen molar-refractivity contribution in [3.05, 3.63) is 54.6 Å². The highest BCUT2D eigenvalue weighted by Gasteiger charge is 2.17. The van der Waals surface area contributed by atoms with Crippen LogP contribution in [0.2, 0.25) is 0 Å². The van der Waals surface area contributed by atoms with Crippen molar-refractivity contribution in [2.24, 2.45) is 0 Å². The van der Waals surface area contributed by atoms with Gasteiger partial charge < -0.3 is 10.1 Å². The lowest BCUT2D eigenvalue weighted by Crippen LogP contribution is -2.39. The molecule has 140 valence electrons. The molecule has 0 fully saturated rings. The Bertz CT molecular complexity index is 790. The standard InChI is InChI=1S/C19H24N2O4S/c1-2-3-4-8-15-20-19(22)21-26(23,24)18-13-11-17(12-14-18)25-16-9-6-5-7-10-16/h5-7,9-14H,2-4,8,15H2,1H3,(H2,20,21,22). The second-order valence-electron chi connectivity index (χ2n) is 5.81. The van der Waals surface area contributed by atoms with Crippen molar-refractivity contribution < 1.29 is 17.9 Å². The first-order chi connectivity index (χ1) is 12.5. The molecule has 2 N–H and O–H groups in total. The van der Waals surface area contributed by atoms with Crippen LogP contribution in [-0.2, 0) is 10.0 Å². The molecule has 0 radical (unpaired) electrons. The molecule has 7 heteroatoms. The average Bonchev–Trinajstić information content (AvgIpc) is 2.62. The number of benzene rings is 2. The van der Waals surface area contributed by atoms with E-state index in [2.05, 4.69) is 12.2 Å². The first-order valence-electron chi connectivity index (χ1n) is 8.65. The van der Waals surface area contributed by atoms with E-state index in [1.165, 1.54) is 12.1 Å². The summed E-state index contributed by atoms with van der Waals surface area (Å²) >= 11 is 0. The zero-order valence-electron chi connectivity index (χ0n) is 14.8. The maximum absolute atomic E-state index is 12.2. The van der Waals surface area contributed by atoms with Crippen LogP contribution in [0.15, 0.2) is 59.5 Å². The third-order valence-corrected chi connectivity index (χ3v) is 5.00. The number of sulfonamides is 1. The van der Waals surface area contributed by atoms with Gasteiger partial charge in [-0.1, -0.05) is 44.4 Å². The SMILES string of the molecule is CCCCCCNC(=O)NS(=O)(=O)c1ccc(Oc2ccccc2)cc1. The highest BCUT2D eigenvalue weighted by atomic mass is 32.2. The Hall–Kier alpha value is -2.54. The van der Waals surface area contributed by atoms with E-state index in [9.17, 15) is 13.2 Å². The molecular formula is C19H24N2O4S. The second-order valence-corrected chi connectivity index (χ2v) is 7.49. The van der Waals surface area contributed by atoms with Crippen molar-refractivity contribution in [1.82, 2.24) is 10.0 Å².